The number of likely N-dealkylation sites (tertiary alicyclic amines) is 1. The van der Waals surface area contributed by atoms with Crippen LogP contribution in [0.1, 0.15) is 12.0 Å². The number of benzene rings is 1. The summed E-state index contributed by atoms with van der Waals surface area (Å²) in [6, 6.07) is 7.98. The minimum atomic E-state index is -0.247. The van der Waals surface area contributed by atoms with Gasteiger partial charge in [-0.1, -0.05) is 12.1 Å². The fourth-order valence-corrected chi connectivity index (χ4v) is 3.37. The Morgan fingerprint density at radius 2 is 2.29 bits per heavy atom. The van der Waals surface area contributed by atoms with Crippen molar-refractivity contribution in [2.24, 2.45) is 5.92 Å². The van der Waals surface area contributed by atoms with Crippen molar-refractivity contribution in [1.82, 2.24) is 4.90 Å². The zero-order valence-electron chi connectivity index (χ0n) is 10.3. The van der Waals surface area contributed by atoms with Crippen molar-refractivity contribution < 1.29 is 9.53 Å². The van der Waals surface area contributed by atoms with Crippen LogP contribution in [-0.2, 0) is 10.2 Å². The average molecular weight is 231 g/mol. The molecule has 0 bridgehead atoms. The molecule has 1 aromatic rings. The summed E-state index contributed by atoms with van der Waals surface area (Å²) < 4.78 is 5.26. The molecule has 3 rings (SSSR count). The molecule has 90 valence electrons. The van der Waals surface area contributed by atoms with Crippen molar-refractivity contribution in [2.45, 2.75) is 11.8 Å². The number of carbonyl (C=O) groups excluding carboxylic acids is 1. The molecule has 0 unspecified atom stereocenters. The van der Waals surface area contributed by atoms with Crippen molar-refractivity contribution in [3.05, 3.63) is 29.8 Å². The smallest absolute Gasteiger partial charge is 0.145 e. The molecule has 1 heterocycles. The summed E-state index contributed by atoms with van der Waals surface area (Å²) in [5.74, 6) is 1.72. The minimum Gasteiger partial charge on any atom is -0.497 e. The second-order valence-corrected chi connectivity index (χ2v) is 5.22. The first-order valence-corrected chi connectivity index (χ1v) is 6.03. The Labute approximate surface area is 101 Å². The average Bonchev–Trinajstić information content (AvgIpc) is 2.61. The van der Waals surface area contributed by atoms with Gasteiger partial charge in [-0.05, 0) is 30.7 Å². The molecule has 2 fully saturated rings. The number of ether oxygens (including phenoxy) is 1. The second kappa shape index (κ2) is 3.57. The maximum Gasteiger partial charge on any atom is 0.145 e. The first-order valence-electron chi connectivity index (χ1n) is 6.03. The van der Waals surface area contributed by atoms with Crippen LogP contribution in [0.3, 0.4) is 0 Å². The molecule has 0 N–H and O–H groups in total. The van der Waals surface area contributed by atoms with Gasteiger partial charge in [-0.25, -0.2) is 0 Å². The van der Waals surface area contributed by atoms with E-state index in [9.17, 15) is 4.79 Å². The van der Waals surface area contributed by atoms with E-state index in [1.165, 1.54) is 0 Å². The molecule has 2 aliphatic rings. The van der Waals surface area contributed by atoms with E-state index in [1.807, 2.05) is 18.2 Å². The fraction of sp³-hybridized carbons (Fsp3) is 0.500. The van der Waals surface area contributed by atoms with Gasteiger partial charge in [0.25, 0.3) is 0 Å². The monoisotopic (exact) mass is 231 g/mol. The number of carbonyl (C=O) groups is 1. The molecule has 1 saturated carbocycles. The first-order chi connectivity index (χ1) is 8.16. The van der Waals surface area contributed by atoms with E-state index in [0.717, 1.165) is 30.8 Å². The Hall–Kier alpha value is -1.35. The van der Waals surface area contributed by atoms with Gasteiger partial charge in [-0.2, -0.15) is 0 Å². The number of hydrogen-bond donors (Lipinski definition) is 0. The van der Waals surface area contributed by atoms with Gasteiger partial charge in [-0.15, -0.1) is 0 Å². The fourth-order valence-electron chi connectivity index (χ4n) is 3.37. The highest BCUT2D eigenvalue weighted by Gasteiger charge is 2.59. The molecular formula is C14H17NO2. The van der Waals surface area contributed by atoms with Crippen LogP contribution in [0.5, 0.6) is 5.75 Å². The van der Waals surface area contributed by atoms with E-state index in [4.69, 9.17) is 4.74 Å². The lowest BCUT2D eigenvalue weighted by Crippen LogP contribution is -2.53. The van der Waals surface area contributed by atoms with Gasteiger partial charge in [0.15, 0.2) is 0 Å². The Morgan fingerprint density at radius 3 is 2.94 bits per heavy atom. The van der Waals surface area contributed by atoms with E-state index >= 15 is 0 Å². The largest absolute Gasteiger partial charge is 0.497 e. The Bertz CT molecular complexity index is 471. The summed E-state index contributed by atoms with van der Waals surface area (Å²) >= 11 is 0. The number of rotatable bonds is 2. The second-order valence-electron chi connectivity index (χ2n) is 5.22. The van der Waals surface area contributed by atoms with Crippen molar-refractivity contribution in [2.75, 3.05) is 27.2 Å². The molecular weight excluding hydrogens is 214 g/mol. The standard InChI is InChI=1S/C14H17NO2/c1-15-8-11-7-13(16)14(11,9-15)10-4-3-5-12(6-10)17-2/h3-6,11H,7-9H2,1-2H3/t11-,14+/m0/s1. The van der Waals surface area contributed by atoms with E-state index in [1.54, 1.807) is 7.11 Å². The zero-order chi connectivity index (χ0) is 12.0. The van der Waals surface area contributed by atoms with Gasteiger partial charge < -0.3 is 9.64 Å². The molecule has 1 saturated heterocycles. The highest BCUT2D eigenvalue weighted by Crippen LogP contribution is 2.50. The van der Waals surface area contributed by atoms with Gasteiger partial charge in [-0.3, -0.25) is 4.79 Å². The van der Waals surface area contributed by atoms with Crippen molar-refractivity contribution in [3.63, 3.8) is 0 Å². The predicted molar refractivity (Wildman–Crippen MR) is 65.3 cm³/mol. The van der Waals surface area contributed by atoms with Gasteiger partial charge >= 0.3 is 0 Å². The normalized spacial score (nSPS) is 32.1. The maximum absolute atomic E-state index is 12.1. The highest BCUT2D eigenvalue weighted by molar-refractivity contribution is 5.98. The summed E-state index contributed by atoms with van der Waals surface area (Å²) in [6.07, 6.45) is 0.738. The quantitative estimate of drug-likeness (QED) is 0.772. The van der Waals surface area contributed by atoms with Crippen LogP contribution in [0.2, 0.25) is 0 Å². The predicted octanol–water partition coefficient (Wildman–Crippen LogP) is 1.47. The number of methoxy groups -OCH3 is 1. The van der Waals surface area contributed by atoms with Gasteiger partial charge in [0, 0.05) is 19.5 Å². The molecule has 0 aromatic heterocycles. The molecule has 3 heteroatoms. The number of fused-ring (bicyclic) bond motifs is 1. The molecule has 1 aliphatic heterocycles. The van der Waals surface area contributed by atoms with Crippen LogP contribution in [0.15, 0.2) is 24.3 Å². The summed E-state index contributed by atoms with van der Waals surface area (Å²) in [4.78, 5) is 14.4. The Kier molecular flexibility index (Phi) is 2.26. The number of nitrogens with zero attached hydrogens (tertiary/aromatic N) is 1. The summed E-state index contributed by atoms with van der Waals surface area (Å²) in [7, 11) is 3.76. The number of Topliss-reactive ketones (excluding diaryl/α,β-unsaturated/α-hetero) is 1. The lowest BCUT2D eigenvalue weighted by atomic mass is 9.57. The molecule has 3 nitrogen and oxygen atoms in total. The van der Waals surface area contributed by atoms with E-state index in [2.05, 4.69) is 18.0 Å². The van der Waals surface area contributed by atoms with Gasteiger partial charge in [0.1, 0.15) is 11.5 Å². The maximum atomic E-state index is 12.1. The summed E-state index contributed by atoms with van der Waals surface area (Å²) in [5, 5.41) is 0. The van der Waals surface area contributed by atoms with E-state index in [0.29, 0.717) is 11.7 Å². The molecule has 1 aromatic carbocycles. The molecule has 0 spiro atoms. The van der Waals surface area contributed by atoms with Crippen LogP contribution in [-0.4, -0.2) is 37.9 Å². The molecule has 2 atom stereocenters. The number of likely N-dealkylation sites (N-methyl/N-ethyl adjacent to an activating group) is 1. The molecule has 17 heavy (non-hydrogen) atoms. The van der Waals surface area contributed by atoms with Crippen molar-refractivity contribution >= 4 is 5.78 Å². The van der Waals surface area contributed by atoms with Crippen molar-refractivity contribution in [3.8, 4) is 5.75 Å². The SMILES string of the molecule is COc1cccc([C@]23CN(C)C[C@@H]2CC3=O)c1. The molecule has 1 aliphatic carbocycles. The van der Waals surface area contributed by atoms with Crippen LogP contribution in [0.4, 0.5) is 0 Å². The number of hydrogen-bond acceptors (Lipinski definition) is 3. The first kappa shape index (κ1) is 10.8. The molecule has 0 radical (unpaired) electrons. The van der Waals surface area contributed by atoms with Gasteiger partial charge in [0.2, 0.25) is 0 Å². The zero-order valence-corrected chi connectivity index (χ0v) is 10.3. The third-order valence-corrected chi connectivity index (χ3v) is 4.26. The topological polar surface area (TPSA) is 29.5 Å². The summed E-state index contributed by atoms with van der Waals surface area (Å²) in [5.41, 5.74) is 0.881. The third kappa shape index (κ3) is 1.35. The lowest BCUT2D eigenvalue weighted by molar-refractivity contribution is -0.134. The highest BCUT2D eigenvalue weighted by atomic mass is 16.5. The number of ketones is 1. The lowest BCUT2D eigenvalue weighted by Gasteiger charge is -2.42. The van der Waals surface area contributed by atoms with E-state index < -0.39 is 0 Å². The Balaban J connectivity index is 2.04. The van der Waals surface area contributed by atoms with Crippen LogP contribution < -0.4 is 4.74 Å². The van der Waals surface area contributed by atoms with Gasteiger partial charge in [0.05, 0.1) is 12.5 Å². The van der Waals surface area contributed by atoms with Crippen LogP contribution in [0, 0.1) is 5.92 Å². The van der Waals surface area contributed by atoms with Crippen LogP contribution >= 0.6 is 0 Å². The Morgan fingerprint density at radius 1 is 1.47 bits per heavy atom. The third-order valence-electron chi connectivity index (χ3n) is 4.26. The van der Waals surface area contributed by atoms with E-state index in [-0.39, 0.29) is 5.41 Å². The van der Waals surface area contributed by atoms with Crippen LogP contribution in [0.25, 0.3) is 0 Å². The summed E-state index contributed by atoms with van der Waals surface area (Å²) in [6.45, 7) is 1.88. The molecule has 0 amide bonds. The van der Waals surface area contributed by atoms with Crippen molar-refractivity contribution in [1.29, 1.82) is 0 Å². The minimum absolute atomic E-state index is 0.247.